The highest BCUT2D eigenvalue weighted by atomic mass is 16.5. The largest absolute Gasteiger partial charge is 0.467 e. The lowest BCUT2D eigenvalue weighted by atomic mass is 9.86. The average molecular weight is 278 g/mol. The Morgan fingerprint density at radius 1 is 1.30 bits per heavy atom. The van der Waals surface area contributed by atoms with Crippen LogP contribution in [0.25, 0.3) is 0 Å². The summed E-state index contributed by atoms with van der Waals surface area (Å²) in [5, 5.41) is 2.75. The normalized spacial score (nSPS) is 12.6. The molecule has 1 heterocycles. The van der Waals surface area contributed by atoms with Gasteiger partial charge in [-0.05, 0) is 29.5 Å². The Morgan fingerprint density at radius 2 is 1.90 bits per heavy atom. The maximum atomic E-state index is 12.0. The van der Waals surface area contributed by atoms with Crippen LogP contribution >= 0.6 is 0 Å². The average Bonchev–Trinajstić information content (AvgIpc) is 2.41. The molecular weight excluding hydrogens is 256 g/mol. The van der Waals surface area contributed by atoms with E-state index in [1.165, 1.54) is 7.11 Å². The number of amides is 1. The summed E-state index contributed by atoms with van der Waals surface area (Å²) in [7, 11) is 1.32. The van der Waals surface area contributed by atoms with Gasteiger partial charge in [0.2, 0.25) is 5.91 Å². The summed E-state index contributed by atoms with van der Waals surface area (Å²) in [5.74, 6) is -0.582. The van der Waals surface area contributed by atoms with Crippen LogP contribution in [0, 0.1) is 5.41 Å². The monoisotopic (exact) mass is 278 g/mol. The SMILES string of the molecule is COC(=O)[C@H](NC(=O)CCc1ccncc1)C(C)(C)C. The Hall–Kier alpha value is -1.91. The molecule has 1 atom stereocenters. The van der Waals surface area contributed by atoms with Gasteiger partial charge in [0.25, 0.3) is 0 Å². The topological polar surface area (TPSA) is 68.3 Å². The van der Waals surface area contributed by atoms with E-state index in [1.807, 2.05) is 32.9 Å². The number of esters is 1. The lowest BCUT2D eigenvalue weighted by molar-refractivity contribution is -0.148. The van der Waals surface area contributed by atoms with Crippen molar-refractivity contribution in [3.63, 3.8) is 0 Å². The van der Waals surface area contributed by atoms with E-state index in [0.717, 1.165) is 5.56 Å². The summed E-state index contributed by atoms with van der Waals surface area (Å²) in [6, 6.07) is 3.10. The highest BCUT2D eigenvalue weighted by Crippen LogP contribution is 2.20. The first kappa shape index (κ1) is 16.1. The second kappa shape index (κ2) is 7.03. The molecular formula is C15H22N2O3. The Balaban J connectivity index is 2.57. The minimum Gasteiger partial charge on any atom is -0.467 e. The molecule has 0 aliphatic heterocycles. The number of methoxy groups -OCH3 is 1. The summed E-state index contributed by atoms with van der Waals surface area (Å²) in [6.07, 6.45) is 4.33. The molecule has 1 aromatic heterocycles. The molecule has 0 saturated carbocycles. The Kier molecular flexibility index (Phi) is 5.67. The molecule has 0 radical (unpaired) electrons. The van der Waals surface area contributed by atoms with E-state index in [9.17, 15) is 9.59 Å². The molecule has 5 heteroatoms. The third-order valence-electron chi connectivity index (χ3n) is 3.00. The first-order chi connectivity index (χ1) is 9.34. The molecule has 1 rings (SSSR count). The van der Waals surface area contributed by atoms with Gasteiger partial charge in [0, 0.05) is 18.8 Å². The van der Waals surface area contributed by atoms with Gasteiger partial charge in [-0.15, -0.1) is 0 Å². The summed E-state index contributed by atoms with van der Waals surface area (Å²) >= 11 is 0. The first-order valence-corrected chi connectivity index (χ1v) is 6.60. The van der Waals surface area contributed by atoms with Crippen molar-refractivity contribution in [1.29, 1.82) is 0 Å². The zero-order valence-corrected chi connectivity index (χ0v) is 12.5. The Labute approximate surface area is 119 Å². The third-order valence-corrected chi connectivity index (χ3v) is 3.00. The number of aryl methyl sites for hydroxylation is 1. The second-order valence-corrected chi connectivity index (χ2v) is 5.75. The molecule has 0 aliphatic rings. The maximum absolute atomic E-state index is 12.0. The molecule has 20 heavy (non-hydrogen) atoms. The highest BCUT2D eigenvalue weighted by molar-refractivity contribution is 5.85. The Morgan fingerprint density at radius 3 is 2.40 bits per heavy atom. The van der Waals surface area contributed by atoms with Crippen molar-refractivity contribution in [2.75, 3.05) is 7.11 Å². The quantitative estimate of drug-likeness (QED) is 0.833. The smallest absolute Gasteiger partial charge is 0.328 e. The number of pyridine rings is 1. The summed E-state index contributed by atoms with van der Waals surface area (Å²) < 4.78 is 4.74. The number of carbonyl (C=O) groups is 2. The number of carbonyl (C=O) groups excluding carboxylic acids is 2. The molecule has 1 amide bonds. The first-order valence-electron chi connectivity index (χ1n) is 6.60. The molecule has 0 saturated heterocycles. The summed E-state index contributed by atoms with van der Waals surface area (Å²) in [4.78, 5) is 27.6. The molecule has 0 bridgehead atoms. The van der Waals surface area contributed by atoms with Crippen molar-refractivity contribution in [2.45, 2.75) is 39.7 Å². The second-order valence-electron chi connectivity index (χ2n) is 5.75. The van der Waals surface area contributed by atoms with Gasteiger partial charge in [-0.1, -0.05) is 20.8 Å². The van der Waals surface area contributed by atoms with Gasteiger partial charge in [-0.3, -0.25) is 9.78 Å². The van der Waals surface area contributed by atoms with Crippen molar-refractivity contribution in [3.8, 4) is 0 Å². The van der Waals surface area contributed by atoms with Crippen LogP contribution in [0.2, 0.25) is 0 Å². The van der Waals surface area contributed by atoms with Gasteiger partial charge in [0.05, 0.1) is 7.11 Å². The van der Waals surface area contributed by atoms with Crippen molar-refractivity contribution >= 4 is 11.9 Å². The van der Waals surface area contributed by atoms with Crippen LogP contribution in [-0.4, -0.2) is 30.0 Å². The summed E-state index contributed by atoms with van der Waals surface area (Å²) in [5.41, 5.74) is 0.653. The number of nitrogens with one attached hydrogen (secondary N) is 1. The number of aromatic nitrogens is 1. The molecule has 0 unspecified atom stereocenters. The van der Waals surface area contributed by atoms with Gasteiger partial charge >= 0.3 is 5.97 Å². The number of rotatable bonds is 5. The van der Waals surface area contributed by atoms with Gasteiger partial charge in [-0.25, -0.2) is 4.79 Å². The molecule has 1 N–H and O–H groups in total. The van der Waals surface area contributed by atoms with Crippen LogP contribution in [0.3, 0.4) is 0 Å². The van der Waals surface area contributed by atoms with Crippen LogP contribution in [0.5, 0.6) is 0 Å². The maximum Gasteiger partial charge on any atom is 0.328 e. The molecule has 110 valence electrons. The van der Waals surface area contributed by atoms with Gasteiger partial charge < -0.3 is 10.1 Å². The number of nitrogens with zero attached hydrogens (tertiary/aromatic N) is 1. The minimum atomic E-state index is -0.641. The number of hydrogen-bond acceptors (Lipinski definition) is 4. The van der Waals surface area contributed by atoms with Crippen molar-refractivity contribution in [2.24, 2.45) is 5.41 Å². The number of ether oxygens (including phenoxy) is 1. The van der Waals surface area contributed by atoms with Gasteiger partial charge in [0.1, 0.15) is 6.04 Å². The van der Waals surface area contributed by atoms with Crippen LogP contribution in [0.1, 0.15) is 32.8 Å². The molecule has 5 nitrogen and oxygen atoms in total. The van der Waals surface area contributed by atoms with Crippen LogP contribution in [-0.2, 0) is 20.7 Å². The predicted octanol–water partition coefficient (Wildman–Crippen LogP) is 1.72. The van der Waals surface area contributed by atoms with E-state index in [4.69, 9.17) is 4.74 Å². The standard InChI is InChI=1S/C15H22N2O3/c1-15(2,3)13(14(19)20-4)17-12(18)6-5-11-7-9-16-10-8-11/h7-10,13H,5-6H2,1-4H3,(H,17,18)/t13-/m0/s1. The molecule has 0 aliphatic carbocycles. The van der Waals surface area contributed by atoms with Crippen LogP contribution in [0.15, 0.2) is 24.5 Å². The molecule has 0 fully saturated rings. The van der Waals surface area contributed by atoms with E-state index in [-0.39, 0.29) is 11.3 Å². The lowest BCUT2D eigenvalue weighted by Gasteiger charge is -2.29. The molecule has 0 spiro atoms. The Bertz CT molecular complexity index is 452. The fourth-order valence-electron chi connectivity index (χ4n) is 1.79. The van der Waals surface area contributed by atoms with Gasteiger partial charge in [0.15, 0.2) is 0 Å². The lowest BCUT2D eigenvalue weighted by Crippen LogP contribution is -2.49. The van der Waals surface area contributed by atoms with E-state index < -0.39 is 12.0 Å². The van der Waals surface area contributed by atoms with E-state index in [1.54, 1.807) is 12.4 Å². The fourth-order valence-corrected chi connectivity index (χ4v) is 1.79. The van der Waals surface area contributed by atoms with Crippen molar-refractivity contribution < 1.29 is 14.3 Å². The van der Waals surface area contributed by atoms with Gasteiger partial charge in [-0.2, -0.15) is 0 Å². The molecule has 0 aromatic carbocycles. The minimum absolute atomic E-state index is 0.160. The van der Waals surface area contributed by atoms with Crippen molar-refractivity contribution in [1.82, 2.24) is 10.3 Å². The highest BCUT2D eigenvalue weighted by Gasteiger charge is 2.33. The van der Waals surface area contributed by atoms with Crippen LogP contribution < -0.4 is 5.32 Å². The van der Waals surface area contributed by atoms with Crippen LogP contribution in [0.4, 0.5) is 0 Å². The van der Waals surface area contributed by atoms with Crippen molar-refractivity contribution in [3.05, 3.63) is 30.1 Å². The van der Waals surface area contributed by atoms with E-state index in [0.29, 0.717) is 12.8 Å². The zero-order valence-electron chi connectivity index (χ0n) is 12.5. The van der Waals surface area contributed by atoms with E-state index in [2.05, 4.69) is 10.3 Å². The predicted molar refractivity (Wildman–Crippen MR) is 76.0 cm³/mol. The number of hydrogen-bond donors (Lipinski definition) is 1. The third kappa shape index (κ3) is 4.99. The summed E-state index contributed by atoms with van der Waals surface area (Å²) in [6.45, 7) is 5.66. The fraction of sp³-hybridized carbons (Fsp3) is 0.533. The zero-order chi connectivity index (χ0) is 15.2. The van der Waals surface area contributed by atoms with E-state index >= 15 is 0 Å². The molecule has 1 aromatic rings.